The van der Waals surface area contributed by atoms with Crippen molar-refractivity contribution in [2.24, 2.45) is 11.8 Å². The summed E-state index contributed by atoms with van der Waals surface area (Å²) in [5.41, 5.74) is 2.88. The third kappa shape index (κ3) is 5.22. The first-order valence-electron chi connectivity index (χ1n) is 10.6. The van der Waals surface area contributed by atoms with Crippen molar-refractivity contribution in [1.82, 2.24) is 0 Å². The van der Waals surface area contributed by atoms with Gasteiger partial charge in [0, 0.05) is 6.08 Å². The van der Waals surface area contributed by atoms with Crippen molar-refractivity contribution in [2.75, 3.05) is 0 Å². The first-order valence-corrected chi connectivity index (χ1v) is 10.6. The average molecular weight is 355 g/mol. The molecule has 1 aromatic rings. The number of carbonyl (C=O) groups is 1. The lowest BCUT2D eigenvalue weighted by Gasteiger charge is -2.37. The average Bonchev–Trinajstić information content (AvgIpc) is 2.68. The van der Waals surface area contributed by atoms with Crippen LogP contribution in [0.5, 0.6) is 0 Å². The summed E-state index contributed by atoms with van der Waals surface area (Å²) in [6, 6.07) is 9.15. The zero-order valence-electron chi connectivity index (χ0n) is 16.5. The Bertz CT molecular complexity index is 585. The number of rotatable bonds is 5. The van der Waals surface area contributed by atoms with Gasteiger partial charge in [-0.1, -0.05) is 42.8 Å². The molecule has 2 heteroatoms. The van der Waals surface area contributed by atoms with E-state index in [2.05, 4.69) is 31.2 Å². The van der Waals surface area contributed by atoms with Gasteiger partial charge in [0.25, 0.3) is 0 Å². The molecule has 0 atom stereocenters. The molecule has 0 saturated heterocycles. The zero-order chi connectivity index (χ0) is 18.4. The minimum absolute atomic E-state index is 0.143. The van der Waals surface area contributed by atoms with E-state index in [9.17, 15) is 4.79 Å². The molecule has 0 spiro atoms. The predicted molar refractivity (Wildman–Crippen MR) is 107 cm³/mol. The lowest BCUT2D eigenvalue weighted by atomic mass is 9.69. The Morgan fingerprint density at radius 3 is 2.12 bits per heavy atom. The van der Waals surface area contributed by atoms with Crippen molar-refractivity contribution in [1.29, 1.82) is 0 Å². The van der Waals surface area contributed by atoms with E-state index in [0.717, 1.165) is 37.0 Å². The molecule has 0 amide bonds. The molecule has 3 rings (SSSR count). The highest BCUT2D eigenvalue weighted by atomic mass is 16.5. The van der Waals surface area contributed by atoms with Crippen molar-refractivity contribution in [3.8, 4) is 0 Å². The molecule has 0 aromatic heterocycles. The number of hydrogen-bond acceptors (Lipinski definition) is 2. The van der Waals surface area contributed by atoms with E-state index in [1.54, 1.807) is 6.08 Å². The van der Waals surface area contributed by atoms with E-state index in [1.807, 2.05) is 13.0 Å². The van der Waals surface area contributed by atoms with Crippen molar-refractivity contribution in [2.45, 2.75) is 83.7 Å². The van der Waals surface area contributed by atoms with E-state index in [-0.39, 0.29) is 12.1 Å². The van der Waals surface area contributed by atoms with Gasteiger partial charge in [-0.3, -0.25) is 0 Å². The van der Waals surface area contributed by atoms with E-state index in [1.165, 1.54) is 49.7 Å². The molecule has 2 nitrogen and oxygen atoms in total. The lowest BCUT2D eigenvalue weighted by molar-refractivity contribution is -0.145. The number of allylic oxidation sites excluding steroid dienone is 1. The number of esters is 1. The van der Waals surface area contributed by atoms with Crippen LogP contribution < -0.4 is 0 Å². The highest BCUT2D eigenvalue weighted by Gasteiger charge is 2.32. The normalized spacial score (nSPS) is 29.6. The fourth-order valence-corrected chi connectivity index (χ4v) is 4.86. The number of ether oxygens (including phenoxy) is 1. The summed E-state index contributed by atoms with van der Waals surface area (Å²) in [6.45, 7) is 4.19. The Kier molecular flexibility index (Phi) is 6.93. The smallest absolute Gasteiger partial charge is 0.330 e. The summed E-state index contributed by atoms with van der Waals surface area (Å²) in [4.78, 5) is 11.7. The molecule has 1 aromatic carbocycles. The second-order valence-corrected chi connectivity index (χ2v) is 8.31. The van der Waals surface area contributed by atoms with Crippen LogP contribution in [0, 0.1) is 18.8 Å². The van der Waals surface area contributed by atoms with Gasteiger partial charge in [0.2, 0.25) is 0 Å². The molecule has 0 N–H and O–H groups in total. The SMILES string of the molecule is CC/C=C/C(=O)OC1CCC(C2CCC(c3ccc(C)cc3)CC2)CC1. The van der Waals surface area contributed by atoms with Crippen LogP contribution in [0.15, 0.2) is 36.4 Å². The third-order valence-corrected chi connectivity index (χ3v) is 6.48. The minimum Gasteiger partial charge on any atom is -0.459 e. The van der Waals surface area contributed by atoms with Gasteiger partial charge in [-0.25, -0.2) is 4.79 Å². The maximum atomic E-state index is 11.7. The van der Waals surface area contributed by atoms with Crippen LogP contribution >= 0.6 is 0 Å². The van der Waals surface area contributed by atoms with Crippen LogP contribution in [0.4, 0.5) is 0 Å². The van der Waals surface area contributed by atoms with Gasteiger partial charge < -0.3 is 4.74 Å². The quantitative estimate of drug-likeness (QED) is 0.456. The van der Waals surface area contributed by atoms with Crippen molar-refractivity contribution >= 4 is 5.97 Å². The van der Waals surface area contributed by atoms with Gasteiger partial charge in [-0.2, -0.15) is 0 Å². The molecule has 0 bridgehead atoms. The van der Waals surface area contributed by atoms with Crippen LogP contribution in [-0.4, -0.2) is 12.1 Å². The highest BCUT2D eigenvalue weighted by Crippen LogP contribution is 2.43. The first kappa shape index (κ1) is 19.2. The monoisotopic (exact) mass is 354 g/mol. The fraction of sp³-hybridized carbons (Fsp3) is 0.625. The Morgan fingerprint density at radius 2 is 1.54 bits per heavy atom. The molecule has 2 fully saturated rings. The summed E-state index contributed by atoms with van der Waals surface area (Å²) in [5.74, 6) is 2.33. The van der Waals surface area contributed by atoms with Crippen LogP contribution in [0.2, 0.25) is 0 Å². The largest absolute Gasteiger partial charge is 0.459 e. The highest BCUT2D eigenvalue weighted by molar-refractivity contribution is 5.82. The Balaban J connectivity index is 1.41. The zero-order valence-corrected chi connectivity index (χ0v) is 16.5. The van der Waals surface area contributed by atoms with E-state index in [4.69, 9.17) is 4.74 Å². The van der Waals surface area contributed by atoms with Crippen LogP contribution in [0.1, 0.15) is 81.8 Å². The van der Waals surface area contributed by atoms with Gasteiger partial charge in [-0.15, -0.1) is 0 Å². The standard InChI is InChI=1S/C24H34O2/c1-3-4-5-24(25)26-23-16-14-22(15-17-23)21-12-10-20(11-13-21)19-8-6-18(2)7-9-19/h4-9,20-23H,3,10-17H2,1-2H3/b5-4+. The lowest BCUT2D eigenvalue weighted by Crippen LogP contribution is -2.29. The van der Waals surface area contributed by atoms with E-state index >= 15 is 0 Å². The Hall–Kier alpha value is -1.57. The predicted octanol–water partition coefficient (Wildman–Crippen LogP) is 6.34. The number of hydrogen-bond donors (Lipinski definition) is 0. The number of benzene rings is 1. The maximum Gasteiger partial charge on any atom is 0.330 e. The summed E-state index contributed by atoms with van der Waals surface area (Å²) < 4.78 is 5.59. The summed E-state index contributed by atoms with van der Waals surface area (Å²) >= 11 is 0. The molecule has 0 unspecified atom stereocenters. The molecular formula is C24H34O2. The Morgan fingerprint density at radius 1 is 0.962 bits per heavy atom. The minimum atomic E-state index is -0.158. The van der Waals surface area contributed by atoms with Crippen LogP contribution in [-0.2, 0) is 9.53 Å². The molecule has 26 heavy (non-hydrogen) atoms. The molecule has 2 saturated carbocycles. The van der Waals surface area contributed by atoms with Crippen LogP contribution in [0.3, 0.4) is 0 Å². The van der Waals surface area contributed by atoms with Crippen molar-refractivity contribution in [3.63, 3.8) is 0 Å². The van der Waals surface area contributed by atoms with Gasteiger partial charge in [-0.05, 0) is 88.0 Å². The summed E-state index contributed by atoms with van der Waals surface area (Å²) in [7, 11) is 0. The molecule has 2 aliphatic carbocycles. The van der Waals surface area contributed by atoms with Gasteiger partial charge in [0.1, 0.15) is 6.10 Å². The summed E-state index contributed by atoms with van der Waals surface area (Å²) in [5, 5.41) is 0. The number of aryl methyl sites for hydroxylation is 1. The molecule has 0 heterocycles. The fourth-order valence-electron chi connectivity index (χ4n) is 4.86. The molecule has 0 aliphatic heterocycles. The molecule has 2 aliphatic rings. The first-order chi connectivity index (χ1) is 12.7. The van der Waals surface area contributed by atoms with Crippen molar-refractivity contribution < 1.29 is 9.53 Å². The third-order valence-electron chi connectivity index (χ3n) is 6.48. The van der Waals surface area contributed by atoms with Gasteiger partial charge in [0.05, 0.1) is 0 Å². The van der Waals surface area contributed by atoms with Gasteiger partial charge >= 0.3 is 5.97 Å². The van der Waals surface area contributed by atoms with E-state index < -0.39 is 0 Å². The van der Waals surface area contributed by atoms with E-state index in [0.29, 0.717) is 0 Å². The maximum absolute atomic E-state index is 11.7. The molecular weight excluding hydrogens is 320 g/mol. The molecule has 142 valence electrons. The number of carbonyl (C=O) groups excluding carboxylic acids is 1. The van der Waals surface area contributed by atoms with Crippen molar-refractivity contribution in [3.05, 3.63) is 47.5 Å². The van der Waals surface area contributed by atoms with Gasteiger partial charge in [0.15, 0.2) is 0 Å². The Labute approximate surface area is 159 Å². The summed E-state index contributed by atoms with van der Waals surface area (Å²) in [6.07, 6.45) is 14.5. The molecule has 0 radical (unpaired) electrons. The second-order valence-electron chi connectivity index (χ2n) is 8.31. The van der Waals surface area contributed by atoms with Crippen LogP contribution in [0.25, 0.3) is 0 Å². The second kappa shape index (κ2) is 9.39. The topological polar surface area (TPSA) is 26.3 Å².